The molecule has 0 saturated heterocycles. The van der Waals surface area contributed by atoms with Crippen molar-refractivity contribution in [2.75, 3.05) is 17.7 Å². The minimum atomic E-state index is -0.194. The predicted octanol–water partition coefficient (Wildman–Crippen LogP) is 3.08. The van der Waals surface area contributed by atoms with Gasteiger partial charge in [0.25, 0.3) is 0 Å². The Hall–Kier alpha value is -1.94. The highest BCUT2D eigenvalue weighted by Crippen LogP contribution is 2.46. The Morgan fingerprint density at radius 2 is 1.89 bits per heavy atom. The normalized spacial score (nSPS) is 18.3. The van der Waals surface area contributed by atoms with Crippen molar-refractivity contribution in [2.24, 2.45) is 0 Å². The van der Waals surface area contributed by atoms with Crippen LogP contribution in [0.3, 0.4) is 0 Å². The first-order chi connectivity index (χ1) is 9.16. The van der Waals surface area contributed by atoms with E-state index in [9.17, 15) is 4.79 Å². The zero-order valence-electron chi connectivity index (χ0n) is 10.5. The smallest absolute Gasteiger partial charge is 0.244 e. The van der Waals surface area contributed by atoms with Gasteiger partial charge in [-0.3, -0.25) is 4.79 Å². The standard InChI is InChI=1S/C15H14N2OS/c1-17-12-8-7-11(16)9-13(12)19-14(15(17)18)10-5-3-2-4-6-10/h2-9,14H,16H2,1H3. The highest BCUT2D eigenvalue weighted by molar-refractivity contribution is 8.00. The van der Waals surface area contributed by atoms with Gasteiger partial charge in [0, 0.05) is 17.6 Å². The van der Waals surface area contributed by atoms with Crippen LogP contribution in [0.25, 0.3) is 0 Å². The number of amides is 1. The molecule has 0 bridgehead atoms. The molecule has 0 aromatic heterocycles. The number of hydrogen-bond donors (Lipinski definition) is 1. The van der Waals surface area contributed by atoms with E-state index in [1.807, 2.05) is 55.6 Å². The lowest BCUT2D eigenvalue weighted by Gasteiger charge is -2.31. The molecule has 0 radical (unpaired) electrons. The Balaban J connectivity index is 2.05. The number of benzene rings is 2. The van der Waals surface area contributed by atoms with Crippen LogP contribution in [0.1, 0.15) is 10.8 Å². The molecule has 1 aliphatic rings. The molecule has 2 N–H and O–H groups in total. The lowest BCUT2D eigenvalue weighted by Crippen LogP contribution is -2.33. The molecule has 0 spiro atoms. The molecule has 2 aromatic carbocycles. The first-order valence-electron chi connectivity index (χ1n) is 6.05. The first kappa shape index (κ1) is 12.1. The van der Waals surface area contributed by atoms with Crippen molar-refractivity contribution in [3.05, 3.63) is 54.1 Å². The summed E-state index contributed by atoms with van der Waals surface area (Å²) in [4.78, 5) is 15.2. The summed E-state index contributed by atoms with van der Waals surface area (Å²) in [5.74, 6) is 0.105. The molecule has 2 aromatic rings. The SMILES string of the molecule is CN1C(=O)C(c2ccccc2)Sc2cc(N)ccc21. The molecule has 0 fully saturated rings. The van der Waals surface area contributed by atoms with E-state index >= 15 is 0 Å². The number of nitrogens with zero attached hydrogens (tertiary/aromatic N) is 1. The van der Waals surface area contributed by atoms with E-state index in [1.165, 1.54) is 0 Å². The number of anilines is 2. The summed E-state index contributed by atoms with van der Waals surface area (Å²) in [6.07, 6.45) is 0. The van der Waals surface area contributed by atoms with Gasteiger partial charge in [0.05, 0.1) is 5.69 Å². The fourth-order valence-corrected chi connectivity index (χ4v) is 3.55. The van der Waals surface area contributed by atoms with Crippen molar-refractivity contribution in [2.45, 2.75) is 10.1 Å². The highest BCUT2D eigenvalue weighted by Gasteiger charge is 2.32. The molecular formula is C15H14N2OS. The minimum absolute atomic E-state index is 0.105. The molecule has 1 aliphatic heterocycles. The zero-order chi connectivity index (χ0) is 13.4. The molecule has 3 rings (SSSR count). The van der Waals surface area contributed by atoms with E-state index in [0.717, 1.165) is 21.8 Å². The summed E-state index contributed by atoms with van der Waals surface area (Å²) in [6.45, 7) is 0. The van der Waals surface area contributed by atoms with Gasteiger partial charge in [-0.15, -0.1) is 11.8 Å². The van der Waals surface area contributed by atoms with E-state index in [2.05, 4.69) is 0 Å². The van der Waals surface area contributed by atoms with Crippen molar-refractivity contribution >= 4 is 29.0 Å². The van der Waals surface area contributed by atoms with E-state index in [1.54, 1.807) is 16.7 Å². The molecule has 4 heteroatoms. The Morgan fingerprint density at radius 1 is 1.16 bits per heavy atom. The van der Waals surface area contributed by atoms with Crippen LogP contribution in [0.15, 0.2) is 53.4 Å². The molecular weight excluding hydrogens is 256 g/mol. The quantitative estimate of drug-likeness (QED) is 0.810. The van der Waals surface area contributed by atoms with E-state index in [4.69, 9.17) is 5.73 Å². The largest absolute Gasteiger partial charge is 0.399 e. The fraction of sp³-hybridized carbons (Fsp3) is 0.133. The maximum Gasteiger partial charge on any atom is 0.244 e. The summed E-state index contributed by atoms with van der Waals surface area (Å²) < 4.78 is 0. The Morgan fingerprint density at radius 3 is 2.63 bits per heavy atom. The van der Waals surface area contributed by atoms with Gasteiger partial charge in [0.1, 0.15) is 5.25 Å². The van der Waals surface area contributed by atoms with Gasteiger partial charge in [-0.1, -0.05) is 30.3 Å². The van der Waals surface area contributed by atoms with E-state index in [-0.39, 0.29) is 11.2 Å². The highest BCUT2D eigenvalue weighted by atomic mass is 32.2. The minimum Gasteiger partial charge on any atom is -0.399 e. The fourth-order valence-electron chi connectivity index (χ4n) is 2.21. The number of nitrogen functional groups attached to an aromatic ring is 1. The monoisotopic (exact) mass is 270 g/mol. The second kappa shape index (κ2) is 4.63. The number of likely N-dealkylation sites (N-methyl/N-ethyl adjacent to an activating group) is 1. The predicted molar refractivity (Wildman–Crippen MR) is 79.3 cm³/mol. The molecule has 1 heterocycles. The third-order valence-corrected chi connectivity index (χ3v) is 4.54. The van der Waals surface area contributed by atoms with Crippen molar-refractivity contribution < 1.29 is 4.79 Å². The maximum atomic E-state index is 12.4. The summed E-state index contributed by atoms with van der Waals surface area (Å²) in [7, 11) is 1.81. The zero-order valence-corrected chi connectivity index (χ0v) is 11.4. The summed E-state index contributed by atoms with van der Waals surface area (Å²) >= 11 is 1.56. The van der Waals surface area contributed by atoms with Crippen LogP contribution in [-0.2, 0) is 4.79 Å². The second-order valence-corrected chi connectivity index (χ2v) is 5.68. The Bertz CT molecular complexity index is 627. The number of fused-ring (bicyclic) bond motifs is 1. The summed E-state index contributed by atoms with van der Waals surface area (Å²) in [6, 6.07) is 15.5. The summed E-state index contributed by atoms with van der Waals surface area (Å²) in [5.41, 5.74) is 8.50. The van der Waals surface area contributed by atoms with Crippen LogP contribution >= 0.6 is 11.8 Å². The molecule has 0 aliphatic carbocycles. The molecule has 19 heavy (non-hydrogen) atoms. The third kappa shape index (κ3) is 2.08. The van der Waals surface area contributed by atoms with Crippen molar-refractivity contribution in [3.63, 3.8) is 0 Å². The van der Waals surface area contributed by atoms with Crippen LogP contribution in [0.5, 0.6) is 0 Å². The van der Waals surface area contributed by atoms with Gasteiger partial charge < -0.3 is 10.6 Å². The van der Waals surface area contributed by atoms with Crippen LogP contribution in [-0.4, -0.2) is 13.0 Å². The number of thioether (sulfide) groups is 1. The van der Waals surface area contributed by atoms with Crippen LogP contribution in [0.2, 0.25) is 0 Å². The van der Waals surface area contributed by atoms with Crippen molar-refractivity contribution in [1.29, 1.82) is 0 Å². The number of rotatable bonds is 1. The topological polar surface area (TPSA) is 46.3 Å². The van der Waals surface area contributed by atoms with Gasteiger partial charge in [0.2, 0.25) is 5.91 Å². The van der Waals surface area contributed by atoms with Gasteiger partial charge in [-0.2, -0.15) is 0 Å². The van der Waals surface area contributed by atoms with Crippen molar-refractivity contribution in [3.8, 4) is 0 Å². The maximum absolute atomic E-state index is 12.4. The average molecular weight is 270 g/mol. The van der Waals surface area contributed by atoms with Crippen molar-refractivity contribution in [1.82, 2.24) is 0 Å². The van der Waals surface area contributed by atoms with Crippen LogP contribution < -0.4 is 10.6 Å². The van der Waals surface area contributed by atoms with Gasteiger partial charge in [-0.25, -0.2) is 0 Å². The number of carbonyl (C=O) groups is 1. The number of hydrogen-bond acceptors (Lipinski definition) is 3. The van der Waals surface area contributed by atoms with E-state index in [0.29, 0.717) is 0 Å². The molecule has 1 amide bonds. The van der Waals surface area contributed by atoms with Gasteiger partial charge in [-0.05, 0) is 23.8 Å². The number of nitrogens with two attached hydrogens (primary N) is 1. The lowest BCUT2D eigenvalue weighted by molar-refractivity contribution is -0.118. The molecule has 1 atom stereocenters. The second-order valence-electron chi connectivity index (χ2n) is 4.53. The molecule has 96 valence electrons. The molecule has 0 saturated carbocycles. The van der Waals surface area contributed by atoms with E-state index < -0.39 is 0 Å². The third-order valence-electron chi connectivity index (χ3n) is 3.25. The summed E-state index contributed by atoms with van der Waals surface area (Å²) in [5, 5.41) is -0.194. The van der Waals surface area contributed by atoms with Crippen LogP contribution in [0, 0.1) is 0 Å². The van der Waals surface area contributed by atoms with Gasteiger partial charge >= 0.3 is 0 Å². The Kier molecular flexibility index (Phi) is 2.95. The average Bonchev–Trinajstić information content (AvgIpc) is 2.43. The Labute approximate surface area is 116 Å². The molecule has 3 nitrogen and oxygen atoms in total. The van der Waals surface area contributed by atoms with Crippen LogP contribution in [0.4, 0.5) is 11.4 Å². The lowest BCUT2D eigenvalue weighted by atomic mass is 10.1. The first-order valence-corrected chi connectivity index (χ1v) is 6.93. The van der Waals surface area contributed by atoms with Gasteiger partial charge in [0.15, 0.2) is 0 Å². The number of carbonyl (C=O) groups excluding carboxylic acids is 1. The molecule has 1 unspecified atom stereocenters.